The highest BCUT2D eigenvalue weighted by atomic mass is 32.2. The van der Waals surface area contributed by atoms with Crippen LogP contribution in [-0.2, 0) is 26.0 Å². The molecule has 1 saturated heterocycles. The smallest absolute Gasteiger partial charge is 0.417 e. The summed E-state index contributed by atoms with van der Waals surface area (Å²) in [5.41, 5.74) is -0.513. The number of carboxylic acids is 1. The number of carboxylic acid groups (broad SMARTS) is 1. The molecule has 0 radical (unpaired) electrons. The van der Waals surface area contributed by atoms with Crippen LogP contribution in [0.15, 0.2) is 87.5 Å². The number of sulfone groups is 1. The molecule has 0 amide bonds. The second kappa shape index (κ2) is 11.6. The second-order valence-electron chi connectivity index (χ2n) is 9.44. The zero-order valence-electron chi connectivity index (χ0n) is 21.1. The fraction of sp³-hybridized carbons (Fsp3) is 0.296. The fourth-order valence-corrected chi connectivity index (χ4v) is 7.33. The van der Waals surface area contributed by atoms with Gasteiger partial charge in [0.25, 0.3) is 0 Å². The Morgan fingerprint density at radius 1 is 0.900 bits per heavy atom. The van der Waals surface area contributed by atoms with Gasteiger partial charge in [-0.2, -0.15) is 13.2 Å². The predicted octanol–water partition coefficient (Wildman–Crippen LogP) is 4.82. The molecule has 3 aromatic carbocycles. The second-order valence-corrected chi connectivity index (χ2v) is 13.1. The maximum Gasteiger partial charge on any atom is 0.417 e. The number of sulfonamides is 1. The Kier molecular flexibility index (Phi) is 8.57. The summed E-state index contributed by atoms with van der Waals surface area (Å²) in [5.74, 6) is -0.936. The van der Waals surface area contributed by atoms with Crippen LogP contribution in [0.25, 0.3) is 0 Å². The van der Waals surface area contributed by atoms with E-state index in [1.807, 2.05) is 11.0 Å². The largest absolute Gasteiger partial charge is 0.478 e. The molecular weight excluding hydrogens is 569 g/mol. The van der Waals surface area contributed by atoms with Crippen LogP contribution in [0, 0.1) is 5.92 Å². The zero-order valence-corrected chi connectivity index (χ0v) is 22.8. The number of rotatable bonds is 9. The van der Waals surface area contributed by atoms with Crippen LogP contribution in [-0.4, -0.2) is 47.5 Å². The minimum Gasteiger partial charge on any atom is -0.478 e. The van der Waals surface area contributed by atoms with Gasteiger partial charge in [-0.15, -0.1) is 0 Å². The molecule has 1 heterocycles. The van der Waals surface area contributed by atoms with Crippen molar-refractivity contribution in [2.75, 3.05) is 24.5 Å². The Morgan fingerprint density at radius 2 is 1.57 bits per heavy atom. The van der Waals surface area contributed by atoms with Crippen molar-refractivity contribution >= 4 is 31.5 Å². The van der Waals surface area contributed by atoms with Gasteiger partial charge in [0.15, 0.2) is 0 Å². The summed E-state index contributed by atoms with van der Waals surface area (Å²) in [6.45, 7) is 1.09. The molecule has 0 saturated carbocycles. The highest BCUT2D eigenvalue weighted by molar-refractivity contribution is 7.91. The number of benzene rings is 3. The number of nitrogens with zero attached hydrogens (tertiary/aromatic N) is 1. The molecule has 13 heteroatoms. The molecule has 40 heavy (non-hydrogen) atoms. The van der Waals surface area contributed by atoms with E-state index in [2.05, 4.69) is 4.72 Å². The minimum atomic E-state index is -5.02. The average Bonchev–Trinajstić information content (AvgIpc) is 2.93. The molecule has 1 aliphatic heterocycles. The van der Waals surface area contributed by atoms with Gasteiger partial charge in [0.2, 0.25) is 19.9 Å². The van der Waals surface area contributed by atoms with Gasteiger partial charge < -0.3 is 10.0 Å². The number of anilines is 1. The lowest BCUT2D eigenvalue weighted by atomic mass is 9.93. The van der Waals surface area contributed by atoms with Crippen molar-refractivity contribution in [3.8, 4) is 0 Å². The average molecular weight is 597 g/mol. The normalized spacial score (nSPS) is 15.2. The van der Waals surface area contributed by atoms with E-state index in [1.165, 1.54) is 30.3 Å². The maximum atomic E-state index is 13.7. The lowest BCUT2D eigenvalue weighted by molar-refractivity contribution is -0.139. The number of hydrogen-bond donors (Lipinski definition) is 2. The van der Waals surface area contributed by atoms with Gasteiger partial charge in [-0.25, -0.2) is 26.4 Å². The Labute approximate surface area is 230 Å². The summed E-state index contributed by atoms with van der Waals surface area (Å²) < 4.78 is 95.3. The Bertz CT molecular complexity index is 1590. The quantitative estimate of drug-likeness (QED) is 0.363. The molecule has 4 rings (SSSR count). The molecule has 8 nitrogen and oxygen atoms in total. The number of hydrogen-bond acceptors (Lipinski definition) is 6. The summed E-state index contributed by atoms with van der Waals surface area (Å²) in [5, 5.41) is 9.20. The standard InChI is InChI=1S/C27H27F3N2O6S2/c28-27(29,30)24-10-9-23(39(35,36)22-7-2-1-3-8-22)18-25(24)40(37,38)31-14-11-19-12-15-32(16-13-19)21-6-4-5-20(17-21)26(33)34/h1-10,17-19,31H,11-16H2,(H,33,34). The predicted molar refractivity (Wildman–Crippen MR) is 141 cm³/mol. The van der Waals surface area contributed by atoms with E-state index in [0.717, 1.165) is 11.8 Å². The van der Waals surface area contributed by atoms with Crippen LogP contribution in [0.3, 0.4) is 0 Å². The van der Waals surface area contributed by atoms with Crippen LogP contribution in [0.2, 0.25) is 0 Å². The maximum absolute atomic E-state index is 13.7. The van der Waals surface area contributed by atoms with Gasteiger partial charge >= 0.3 is 12.1 Å². The molecule has 0 aliphatic carbocycles. The van der Waals surface area contributed by atoms with Crippen molar-refractivity contribution in [3.05, 3.63) is 83.9 Å². The molecule has 2 N–H and O–H groups in total. The van der Waals surface area contributed by atoms with E-state index in [4.69, 9.17) is 0 Å². The van der Waals surface area contributed by atoms with Gasteiger partial charge in [0.1, 0.15) is 0 Å². The van der Waals surface area contributed by atoms with E-state index >= 15 is 0 Å². The van der Waals surface area contributed by atoms with E-state index in [0.29, 0.717) is 44.5 Å². The molecule has 0 spiro atoms. The topological polar surface area (TPSA) is 121 Å². The van der Waals surface area contributed by atoms with Crippen LogP contribution >= 0.6 is 0 Å². The highest BCUT2D eigenvalue weighted by Crippen LogP contribution is 2.36. The number of carbonyl (C=O) groups is 1. The van der Waals surface area contributed by atoms with E-state index in [1.54, 1.807) is 18.2 Å². The summed E-state index contributed by atoms with van der Waals surface area (Å²) in [4.78, 5) is 11.4. The van der Waals surface area contributed by atoms with Gasteiger partial charge in [-0.1, -0.05) is 24.3 Å². The lowest BCUT2D eigenvalue weighted by Crippen LogP contribution is -2.35. The first-order valence-corrected chi connectivity index (χ1v) is 15.3. The fourth-order valence-electron chi connectivity index (χ4n) is 4.65. The molecule has 0 unspecified atom stereocenters. The van der Waals surface area contributed by atoms with Crippen LogP contribution in [0.1, 0.15) is 35.2 Å². The van der Waals surface area contributed by atoms with Crippen molar-refractivity contribution in [2.24, 2.45) is 5.92 Å². The number of alkyl halides is 3. The first-order valence-electron chi connectivity index (χ1n) is 12.4. The first kappa shape index (κ1) is 29.6. The number of aromatic carboxylic acids is 1. The van der Waals surface area contributed by atoms with Crippen molar-refractivity contribution < 1.29 is 39.9 Å². The number of nitrogens with one attached hydrogen (secondary N) is 1. The number of halogens is 3. The van der Waals surface area contributed by atoms with Crippen LogP contribution < -0.4 is 9.62 Å². The molecule has 214 valence electrons. The number of piperidine rings is 1. The molecule has 0 atom stereocenters. The lowest BCUT2D eigenvalue weighted by Gasteiger charge is -2.33. The first-order chi connectivity index (χ1) is 18.8. The highest BCUT2D eigenvalue weighted by Gasteiger charge is 2.38. The van der Waals surface area contributed by atoms with Crippen molar-refractivity contribution in [1.29, 1.82) is 0 Å². The SMILES string of the molecule is O=C(O)c1cccc(N2CCC(CCNS(=O)(=O)c3cc(S(=O)(=O)c4ccccc4)ccc3C(F)(F)F)CC2)c1. The monoisotopic (exact) mass is 596 g/mol. The molecule has 0 aromatic heterocycles. The molecular formula is C27H27F3N2O6S2. The molecule has 0 bridgehead atoms. The molecule has 3 aromatic rings. The Balaban J connectivity index is 1.45. The summed E-state index contributed by atoms with van der Waals surface area (Å²) in [6.07, 6.45) is -3.30. The summed E-state index contributed by atoms with van der Waals surface area (Å²) in [7, 11) is -8.96. The summed E-state index contributed by atoms with van der Waals surface area (Å²) >= 11 is 0. The van der Waals surface area contributed by atoms with Crippen molar-refractivity contribution in [2.45, 2.75) is 40.1 Å². The van der Waals surface area contributed by atoms with Crippen molar-refractivity contribution in [1.82, 2.24) is 4.72 Å². The van der Waals surface area contributed by atoms with Crippen molar-refractivity contribution in [3.63, 3.8) is 0 Å². The Morgan fingerprint density at radius 3 is 2.20 bits per heavy atom. The Hall–Kier alpha value is -3.42. The third-order valence-electron chi connectivity index (χ3n) is 6.83. The van der Waals surface area contributed by atoms with Gasteiger partial charge in [-0.05, 0) is 73.7 Å². The van der Waals surface area contributed by atoms with Crippen LogP contribution in [0.4, 0.5) is 18.9 Å². The van der Waals surface area contributed by atoms with E-state index in [9.17, 15) is 39.9 Å². The van der Waals surface area contributed by atoms with Crippen LogP contribution in [0.5, 0.6) is 0 Å². The van der Waals surface area contributed by atoms with Gasteiger partial charge in [-0.3, -0.25) is 0 Å². The summed E-state index contributed by atoms with van der Waals surface area (Å²) in [6, 6.07) is 15.4. The minimum absolute atomic E-state index is 0.0912. The zero-order chi connectivity index (χ0) is 29.1. The third kappa shape index (κ3) is 6.65. The van der Waals surface area contributed by atoms with Gasteiger partial charge in [0, 0.05) is 25.3 Å². The third-order valence-corrected chi connectivity index (χ3v) is 10.1. The van der Waals surface area contributed by atoms with Gasteiger partial charge in [0.05, 0.1) is 25.8 Å². The molecule has 1 aliphatic rings. The van der Waals surface area contributed by atoms with E-state index < -0.39 is 47.4 Å². The molecule has 1 fully saturated rings. The van der Waals surface area contributed by atoms with E-state index in [-0.39, 0.29) is 22.9 Å².